The monoisotopic (exact) mass is 246 g/mol. The largest absolute Gasteiger partial charge is 0.354 e. The zero-order valence-electron chi connectivity index (χ0n) is 10.2. The zero-order valence-corrected chi connectivity index (χ0v) is 10.2. The van der Waals surface area contributed by atoms with Gasteiger partial charge in [0.2, 0.25) is 0 Å². The molecular formula is C13H15FN4. The first-order valence-corrected chi connectivity index (χ1v) is 5.67. The van der Waals surface area contributed by atoms with Gasteiger partial charge in [0.25, 0.3) is 0 Å². The highest BCUT2D eigenvalue weighted by Crippen LogP contribution is 2.12. The minimum atomic E-state index is -0.228. The second kappa shape index (κ2) is 5.55. The van der Waals surface area contributed by atoms with Crippen molar-refractivity contribution in [2.45, 2.75) is 13.1 Å². The molecule has 0 amide bonds. The lowest BCUT2D eigenvalue weighted by molar-refractivity contribution is 0.627. The number of hydrogen-bond donors (Lipinski definition) is 1. The Balaban J connectivity index is 2.06. The lowest BCUT2D eigenvalue weighted by atomic mass is 10.2. The summed E-state index contributed by atoms with van der Waals surface area (Å²) < 4.78 is 12.8. The zero-order chi connectivity index (χ0) is 13.0. The van der Waals surface area contributed by atoms with Gasteiger partial charge in [0.15, 0.2) is 5.82 Å². The predicted octanol–water partition coefficient (Wildman–Crippen LogP) is 1.71. The molecule has 0 atom stereocenters. The van der Waals surface area contributed by atoms with E-state index in [0.717, 1.165) is 17.1 Å². The van der Waals surface area contributed by atoms with Crippen LogP contribution in [-0.4, -0.2) is 17.2 Å². The highest BCUT2D eigenvalue weighted by atomic mass is 19.1. The Kier molecular flexibility index (Phi) is 3.84. The van der Waals surface area contributed by atoms with Gasteiger partial charge in [-0.15, -0.1) is 5.10 Å². The van der Waals surface area contributed by atoms with E-state index in [2.05, 4.69) is 10.2 Å². The summed E-state index contributed by atoms with van der Waals surface area (Å²) in [6, 6.07) is 10.1. The third kappa shape index (κ3) is 3.01. The van der Waals surface area contributed by atoms with Gasteiger partial charge in [0.1, 0.15) is 5.82 Å². The van der Waals surface area contributed by atoms with Crippen molar-refractivity contribution in [2.24, 2.45) is 5.73 Å². The Morgan fingerprint density at radius 1 is 1.11 bits per heavy atom. The van der Waals surface area contributed by atoms with Crippen molar-refractivity contribution in [3.05, 3.63) is 53.5 Å². The van der Waals surface area contributed by atoms with Crippen LogP contribution in [0.25, 0.3) is 0 Å². The fourth-order valence-corrected chi connectivity index (χ4v) is 1.61. The molecule has 0 saturated heterocycles. The third-order valence-electron chi connectivity index (χ3n) is 2.64. The van der Waals surface area contributed by atoms with Gasteiger partial charge >= 0.3 is 0 Å². The van der Waals surface area contributed by atoms with Crippen LogP contribution in [0.5, 0.6) is 0 Å². The molecule has 0 saturated carbocycles. The van der Waals surface area contributed by atoms with E-state index in [-0.39, 0.29) is 5.82 Å². The maximum Gasteiger partial charge on any atom is 0.151 e. The average Bonchev–Trinajstić information content (AvgIpc) is 2.41. The Hall–Kier alpha value is -2.01. The molecule has 0 aliphatic heterocycles. The predicted molar refractivity (Wildman–Crippen MR) is 68.4 cm³/mol. The summed E-state index contributed by atoms with van der Waals surface area (Å²) in [5.41, 5.74) is 7.24. The molecule has 0 aliphatic rings. The van der Waals surface area contributed by atoms with Crippen molar-refractivity contribution >= 4 is 5.82 Å². The van der Waals surface area contributed by atoms with Gasteiger partial charge in [-0.1, -0.05) is 12.1 Å². The molecule has 1 aromatic carbocycles. The maximum atomic E-state index is 12.8. The molecule has 2 rings (SSSR count). The molecule has 0 radical (unpaired) electrons. The number of nitrogens with zero attached hydrogens (tertiary/aromatic N) is 3. The van der Waals surface area contributed by atoms with Crippen LogP contribution in [-0.2, 0) is 13.1 Å². The molecule has 2 N–H and O–H groups in total. The molecular weight excluding hydrogens is 231 g/mol. The van der Waals surface area contributed by atoms with E-state index in [1.54, 1.807) is 12.1 Å². The van der Waals surface area contributed by atoms with Crippen molar-refractivity contribution in [3.8, 4) is 0 Å². The van der Waals surface area contributed by atoms with Crippen LogP contribution in [0.3, 0.4) is 0 Å². The first-order chi connectivity index (χ1) is 8.69. The quantitative estimate of drug-likeness (QED) is 0.892. The molecule has 0 bridgehead atoms. The van der Waals surface area contributed by atoms with Crippen molar-refractivity contribution in [3.63, 3.8) is 0 Å². The van der Waals surface area contributed by atoms with Crippen molar-refractivity contribution < 1.29 is 4.39 Å². The molecule has 4 nitrogen and oxygen atoms in total. The summed E-state index contributed by atoms with van der Waals surface area (Å²) in [6.07, 6.45) is 0. The summed E-state index contributed by atoms with van der Waals surface area (Å²) in [5, 5.41) is 8.08. The highest BCUT2D eigenvalue weighted by molar-refractivity contribution is 5.37. The minimum absolute atomic E-state index is 0.228. The van der Waals surface area contributed by atoms with Crippen molar-refractivity contribution in [2.75, 3.05) is 11.9 Å². The van der Waals surface area contributed by atoms with Crippen LogP contribution in [0.4, 0.5) is 10.2 Å². The van der Waals surface area contributed by atoms with E-state index < -0.39 is 0 Å². The van der Waals surface area contributed by atoms with E-state index in [1.165, 1.54) is 12.1 Å². The molecule has 1 heterocycles. The van der Waals surface area contributed by atoms with Gasteiger partial charge in [-0.25, -0.2) is 4.39 Å². The van der Waals surface area contributed by atoms with Crippen molar-refractivity contribution in [1.29, 1.82) is 0 Å². The number of aromatic nitrogens is 2. The van der Waals surface area contributed by atoms with Crippen LogP contribution in [0.15, 0.2) is 36.4 Å². The molecule has 0 spiro atoms. The van der Waals surface area contributed by atoms with E-state index in [0.29, 0.717) is 13.1 Å². The normalized spacial score (nSPS) is 10.4. The molecule has 5 heteroatoms. The van der Waals surface area contributed by atoms with Gasteiger partial charge in [0, 0.05) is 20.1 Å². The van der Waals surface area contributed by atoms with Gasteiger partial charge in [-0.3, -0.25) is 0 Å². The molecule has 0 fully saturated rings. The smallest absolute Gasteiger partial charge is 0.151 e. The molecule has 94 valence electrons. The number of nitrogens with two attached hydrogens (primary N) is 1. The Bertz CT molecular complexity index is 495. The maximum absolute atomic E-state index is 12.8. The third-order valence-corrected chi connectivity index (χ3v) is 2.64. The standard InChI is InChI=1S/C13H15FN4/c1-18(9-10-2-4-11(14)5-3-10)13-7-6-12(8-15)16-17-13/h2-7H,8-9,15H2,1H3. The molecule has 18 heavy (non-hydrogen) atoms. The summed E-state index contributed by atoms with van der Waals surface area (Å²) in [4.78, 5) is 1.94. The van der Waals surface area contributed by atoms with Crippen LogP contribution in [0.1, 0.15) is 11.3 Å². The number of benzene rings is 1. The van der Waals surface area contributed by atoms with Gasteiger partial charge in [-0.05, 0) is 29.8 Å². The summed E-state index contributed by atoms with van der Waals surface area (Å²) in [5.74, 6) is 0.532. The summed E-state index contributed by atoms with van der Waals surface area (Å²) in [6.45, 7) is 1.03. The van der Waals surface area contributed by atoms with Gasteiger partial charge < -0.3 is 10.6 Å². The second-order valence-corrected chi connectivity index (χ2v) is 4.07. The van der Waals surface area contributed by atoms with Crippen LogP contribution >= 0.6 is 0 Å². The van der Waals surface area contributed by atoms with Crippen LogP contribution in [0, 0.1) is 5.82 Å². The number of hydrogen-bond acceptors (Lipinski definition) is 4. The number of halogens is 1. The van der Waals surface area contributed by atoms with E-state index >= 15 is 0 Å². The SMILES string of the molecule is CN(Cc1ccc(F)cc1)c1ccc(CN)nn1. The Labute approximate surface area is 105 Å². The lowest BCUT2D eigenvalue weighted by Gasteiger charge is -2.17. The van der Waals surface area contributed by atoms with E-state index in [4.69, 9.17) is 5.73 Å². The van der Waals surface area contributed by atoms with Gasteiger partial charge in [-0.2, -0.15) is 5.10 Å². The topological polar surface area (TPSA) is 55.0 Å². The first-order valence-electron chi connectivity index (χ1n) is 5.67. The van der Waals surface area contributed by atoms with Gasteiger partial charge in [0.05, 0.1) is 5.69 Å². The highest BCUT2D eigenvalue weighted by Gasteiger charge is 2.04. The van der Waals surface area contributed by atoms with Crippen molar-refractivity contribution in [1.82, 2.24) is 10.2 Å². The molecule has 1 aromatic heterocycles. The number of rotatable bonds is 4. The molecule has 0 aliphatic carbocycles. The van der Waals surface area contributed by atoms with E-state index in [1.807, 2.05) is 24.1 Å². The minimum Gasteiger partial charge on any atom is -0.354 e. The van der Waals surface area contributed by atoms with E-state index in [9.17, 15) is 4.39 Å². The average molecular weight is 246 g/mol. The Morgan fingerprint density at radius 3 is 2.39 bits per heavy atom. The second-order valence-electron chi connectivity index (χ2n) is 4.07. The van der Waals surface area contributed by atoms with Crippen LogP contribution in [0.2, 0.25) is 0 Å². The van der Waals surface area contributed by atoms with Crippen LogP contribution < -0.4 is 10.6 Å². The molecule has 0 unspecified atom stereocenters. The lowest BCUT2D eigenvalue weighted by Crippen LogP contribution is -2.18. The first kappa shape index (κ1) is 12.4. The summed E-state index contributed by atoms with van der Waals surface area (Å²) in [7, 11) is 1.91. The fraction of sp³-hybridized carbons (Fsp3) is 0.231. The summed E-state index contributed by atoms with van der Waals surface area (Å²) >= 11 is 0. The number of anilines is 1. The Morgan fingerprint density at radius 2 is 1.83 bits per heavy atom. The fourth-order valence-electron chi connectivity index (χ4n) is 1.61. The molecule has 2 aromatic rings.